The van der Waals surface area contributed by atoms with Gasteiger partial charge in [0.15, 0.2) is 0 Å². The van der Waals surface area contributed by atoms with Gasteiger partial charge >= 0.3 is 212 Å². The zero-order valence-corrected chi connectivity index (χ0v) is 56.0. The van der Waals surface area contributed by atoms with E-state index >= 15 is 0 Å². The van der Waals surface area contributed by atoms with Crippen molar-refractivity contribution in [3.05, 3.63) is 159 Å². The summed E-state index contributed by atoms with van der Waals surface area (Å²) < 4.78 is 42.6. The first-order valence-electron chi connectivity index (χ1n) is 27.4. The Morgan fingerprint density at radius 2 is 0.790 bits per heavy atom. The molecule has 6 aromatic carbocycles. The van der Waals surface area contributed by atoms with E-state index in [2.05, 4.69) is 242 Å². The molecule has 6 heterocycles. The van der Waals surface area contributed by atoms with E-state index in [9.17, 15) is 0 Å². The zero-order valence-electron chi connectivity index (χ0n) is 46.7. The second-order valence-corrected chi connectivity index (χ2v) is 39.9. The molecule has 2 aliphatic rings. The summed E-state index contributed by atoms with van der Waals surface area (Å²) in [5.74, 6) is 0. The minimum absolute atomic E-state index is 0. The maximum absolute atomic E-state index is 4.64. The number of hydrogen-bond donors (Lipinski definition) is 0. The standard InChI is InChI=1S/C25H19N5S3.C18H16NS.C7H3BrN4S2.3C4H9.CH4.Sn/c1-14-4-8-17(9-5-14)30(18-10-6-15(2)7-11-18)20-13-12-19(31-20)21-24-22(26-32-28-24)16(3)23-25(21)29-33-27-23;1-14-5-9-16(10-6-14)19(18-4-3-13-20-18)17-11-7-15(2)8-12-17;1-2-4-6(11-13-9-4)3(8)7-5(2)10-14-12-7;3*1-3-4-2;;/h4-13H,1-3H3;3-12H,1-2H3;1H3;3*1,3-4H2,2H3;1H4;. The van der Waals surface area contributed by atoms with Crippen LogP contribution in [0.4, 0.5) is 55.5 Å². The van der Waals surface area contributed by atoms with E-state index in [1.807, 2.05) is 13.8 Å². The number of fused-ring (bicyclic) bond motifs is 4. The van der Waals surface area contributed by atoms with Gasteiger partial charge in [-0.25, -0.2) is 0 Å². The van der Waals surface area contributed by atoms with Gasteiger partial charge in [0.25, 0.3) is 0 Å². The molecule has 0 saturated heterocycles. The van der Waals surface area contributed by atoms with Crippen LogP contribution in [0, 0.1) is 41.5 Å². The quantitative estimate of drug-likeness (QED) is 0.0841. The number of thiophene rings is 2. The Balaban J connectivity index is 0.000000157. The first kappa shape index (κ1) is 60.5. The Kier molecular flexibility index (Phi) is 20.5. The van der Waals surface area contributed by atoms with E-state index in [-0.39, 0.29) is 7.43 Å². The zero-order chi connectivity index (χ0) is 55.9. The van der Waals surface area contributed by atoms with Crippen molar-refractivity contribution in [2.24, 2.45) is 17.5 Å². The van der Waals surface area contributed by atoms with Gasteiger partial charge in [-0.1, -0.05) is 42.8 Å². The topological polar surface area (TPSA) is 107 Å². The number of halogens is 1. The number of anilines is 6. The fourth-order valence-corrected chi connectivity index (χ4v) is 34.7. The van der Waals surface area contributed by atoms with Crippen LogP contribution in [0.15, 0.2) is 143 Å². The molecule has 0 radical (unpaired) electrons. The predicted octanol–water partition coefficient (Wildman–Crippen LogP) is 22.6. The van der Waals surface area contributed by atoms with E-state index in [1.165, 1.54) is 137 Å². The number of rotatable bonds is 17. The molecule has 0 atom stereocenters. The van der Waals surface area contributed by atoms with Gasteiger partial charge in [-0.2, -0.15) is 34.9 Å². The molecule has 0 spiro atoms. The molecule has 10 nitrogen and oxygen atoms in total. The van der Waals surface area contributed by atoms with E-state index in [4.69, 9.17) is 0 Å². The molecule has 0 fully saturated rings. The smallest absolute Gasteiger partial charge is 0.121 e. The Morgan fingerprint density at radius 3 is 1.25 bits per heavy atom. The number of aromatic nitrogens is 4. The van der Waals surface area contributed by atoms with Crippen LogP contribution in [0.5, 0.6) is 0 Å². The summed E-state index contributed by atoms with van der Waals surface area (Å²) in [6.45, 7) is 19.7. The molecule has 18 heteroatoms. The van der Waals surface area contributed by atoms with Crippen LogP contribution < -0.4 is 12.7 Å². The molecule has 81 heavy (non-hydrogen) atoms. The van der Waals surface area contributed by atoms with Crippen LogP contribution in [0.1, 0.15) is 100 Å². The Hall–Kier alpha value is -5.12. The largest absolute Gasteiger partial charge is 0.302 e. The summed E-state index contributed by atoms with van der Waals surface area (Å²) in [6.07, 6.45) is 8.22. The Bertz CT molecular complexity index is 3770. The van der Waals surface area contributed by atoms with Crippen molar-refractivity contribution in [1.82, 2.24) is 17.5 Å². The van der Waals surface area contributed by atoms with Crippen molar-refractivity contribution >= 4 is 184 Å². The third-order valence-electron chi connectivity index (χ3n) is 14.9. The van der Waals surface area contributed by atoms with Gasteiger partial charge in [0.2, 0.25) is 0 Å². The molecule has 0 saturated carbocycles. The molecule has 418 valence electrons. The summed E-state index contributed by atoms with van der Waals surface area (Å²) >= 11 is 9.82. The van der Waals surface area contributed by atoms with Gasteiger partial charge in [0.05, 0.1) is 50.6 Å². The molecule has 0 unspecified atom stereocenters. The van der Waals surface area contributed by atoms with E-state index in [1.54, 1.807) is 14.2 Å². The fraction of sp³-hybridized carbons (Fsp3) is 0.302. The Morgan fingerprint density at radius 1 is 0.420 bits per heavy atom. The van der Waals surface area contributed by atoms with Gasteiger partial charge in [-0.05, 0) is 80.0 Å². The van der Waals surface area contributed by atoms with Crippen LogP contribution in [0.2, 0.25) is 13.3 Å². The number of hydrogen-bond acceptors (Lipinski definition) is 14. The molecule has 2 aliphatic heterocycles. The molecule has 0 aliphatic carbocycles. The Labute approximate surface area is 514 Å². The summed E-state index contributed by atoms with van der Waals surface area (Å²) in [7, 11) is 0. The average molecular weight is 1360 g/mol. The monoisotopic (exact) mass is 1360 g/mol. The average Bonchev–Trinajstić information content (AvgIpc) is 4.09. The van der Waals surface area contributed by atoms with Crippen molar-refractivity contribution in [3.63, 3.8) is 0 Å². The van der Waals surface area contributed by atoms with Crippen LogP contribution in [-0.2, 0) is 22.7 Å². The van der Waals surface area contributed by atoms with Crippen molar-refractivity contribution in [1.29, 1.82) is 0 Å². The van der Waals surface area contributed by atoms with Gasteiger partial charge in [0.1, 0.15) is 49.8 Å². The van der Waals surface area contributed by atoms with Crippen LogP contribution >= 0.6 is 62.1 Å². The minimum atomic E-state index is -2.42. The second kappa shape index (κ2) is 27.5. The molecular weight excluding hydrogens is 1290 g/mol. The summed E-state index contributed by atoms with van der Waals surface area (Å²) in [5, 5.41) is 2.51. The maximum atomic E-state index is 4.64. The van der Waals surface area contributed by atoms with Gasteiger partial charge in [-0.3, -0.25) is 0 Å². The number of aryl methyl sites for hydroxylation is 6. The third kappa shape index (κ3) is 13.2. The van der Waals surface area contributed by atoms with E-state index < -0.39 is 18.4 Å². The second-order valence-electron chi connectivity index (χ2n) is 20.7. The van der Waals surface area contributed by atoms with Crippen molar-refractivity contribution in [3.8, 4) is 10.4 Å². The third-order valence-corrected chi connectivity index (χ3v) is 38.2. The summed E-state index contributed by atoms with van der Waals surface area (Å²) in [5.41, 5.74) is 20.2. The fourth-order valence-electron chi connectivity index (χ4n) is 10.2. The first-order valence-corrected chi connectivity index (χ1v) is 40.2. The van der Waals surface area contributed by atoms with Gasteiger partial charge in [-0.15, -0.1) is 11.3 Å². The number of nitrogens with zero attached hydrogens (tertiary/aromatic N) is 10. The van der Waals surface area contributed by atoms with Crippen molar-refractivity contribution < 1.29 is 0 Å². The minimum Gasteiger partial charge on any atom is -0.302 e. The summed E-state index contributed by atoms with van der Waals surface area (Å²) in [6, 6.07) is 44.6. The molecule has 0 bridgehead atoms. The van der Waals surface area contributed by atoms with E-state index in [0.29, 0.717) is 0 Å². The van der Waals surface area contributed by atoms with Crippen LogP contribution in [0.3, 0.4) is 0 Å². The summed E-state index contributed by atoms with van der Waals surface area (Å²) in [4.78, 5) is 5.89. The molecule has 0 N–H and O–H groups in total. The molecule has 0 amide bonds. The molecule has 12 rings (SSSR count). The van der Waals surface area contributed by atoms with Crippen LogP contribution in [-0.4, -0.2) is 35.9 Å². The molecule has 4 aromatic heterocycles. The SMILES string of the molecule is C.CCC[CH2][Sn]([CH2]CCC)([CH2]CCC)[c]1ccc(N(c2ccc(C)cc2)c2ccc(C)cc2)s1.Cc1c2c(c(Br)c3nsnc13)N=S=N2.Cc1ccc(N(c2ccc(C)cc2)c2ccc(-c3c4c(c(C)c5nsnc35)N=S=N4)s2)cc1. The molecular formula is C63H69BrN10S6Sn. The van der Waals surface area contributed by atoms with Gasteiger partial charge < -0.3 is 4.90 Å². The predicted molar refractivity (Wildman–Crippen MR) is 362 cm³/mol. The molecule has 10 aromatic rings. The van der Waals surface area contributed by atoms with Gasteiger partial charge in [0, 0.05) is 32.9 Å². The number of unbranched alkanes of at least 4 members (excludes halogenated alkanes) is 3. The van der Waals surface area contributed by atoms with E-state index in [0.717, 1.165) is 87.2 Å². The van der Waals surface area contributed by atoms with Crippen LogP contribution in [0.25, 0.3) is 32.5 Å². The number of benzene rings is 6. The normalized spacial score (nSPS) is 12.0. The maximum Gasteiger partial charge on any atom is 0.121 e. The van der Waals surface area contributed by atoms with Crippen molar-refractivity contribution in [2.45, 2.75) is 122 Å². The first-order chi connectivity index (χ1) is 38.9. The van der Waals surface area contributed by atoms with Crippen molar-refractivity contribution in [2.75, 3.05) is 9.80 Å².